The summed E-state index contributed by atoms with van der Waals surface area (Å²) in [6, 6.07) is -0.317. The number of carbonyl (C=O) groups excluding carboxylic acids is 3. The second kappa shape index (κ2) is 15.3. The van der Waals surface area contributed by atoms with Gasteiger partial charge in [-0.3, -0.25) is 14.4 Å². The standard InChI is InChI=1S/C27H46N4O7/c1-38-23-12-7-17(15-22(23)32)21(16-26(35)36)31-25(34)14-13-24(33)28-19-8-10-20(11-9-19)30-27(37)29-18-5-3-2-4-6-18/h17-23,32H,2-16H2,1H3,(H,28,33)(H,31,34)(H,35,36)(H2,29,30,37). The number of methoxy groups -OCH3 is 1. The number of aliphatic hydroxyl groups excluding tert-OH is 1. The molecular weight excluding hydrogens is 492 g/mol. The molecule has 3 saturated carbocycles. The highest BCUT2D eigenvalue weighted by molar-refractivity contribution is 5.84. The van der Waals surface area contributed by atoms with Crippen LogP contribution in [0.1, 0.15) is 96.3 Å². The number of ether oxygens (including phenoxy) is 1. The van der Waals surface area contributed by atoms with Gasteiger partial charge >= 0.3 is 12.0 Å². The maximum absolute atomic E-state index is 12.5. The van der Waals surface area contributed by atoms with Crippen molar-refractivity contribution in [3.05, 3.63) is 0 Å². The molecule has 216 valence electrons. The largest absolute Gasteiger partial charge is 0.481 e. The van der Waals surface area contributed by atoms with Crippen molar-refractivity contribution < 1.29 is 34.1 Å². The van der Waals surface area contributed by atoms with Crippen LogP contribution in [0, 0.1) is 5.92 Å². The van der Waals surface area contributed by atoms with Gasteiger partial charge in [-0.15, -0.1) is 0 Å². The molecule has 3 aliphatic carbocycles. The maximum Gasteiger partial charge on any atom is 0.315 e. The van der Waals surface area contributed by atoms with Gasteiger partial charge in [0.2, 0.25) is 11.8 Å². The molecule has 6 N–H and O–H groups in total. The van der Waals surface area contributed by atoms with Gasteiger partial charge in [-0.2, -0.15) is 0 Å². The number of carboxylic acid groups (broad SMARTS) is 1. The predicted octanol–water partition coefficient (Wildman–Crippen LogP) is 1.96. The second-order valence-electron chi connectivity index (χ2n) is 11.3. The molecule has 0 aliphatic heterocycles. The van der Waals surface area contributed by atoms with E-state index in [0.29, 0.717) is 19.3 Å². The fraction of sp³-hybridized carbons (Fsp3) is 0.852. The summed E-state index contributed by atoms with van der Waals surface area (Å²) in [6.07, 6.45) is 9.15. The molecule has 0 saturated heterocycles. The van der Waals surface area contributed by atoms with Crippen LogP contribution < -0.4 is 21.3 Å². The molecule has 3 fully saturated rings. The number of aliphatic carboxylic acids is 1. The van der Waals surface area contributed by atoms with E-state index in [2.05, 4.69) is 21.3 Å². The molecule has 0 aromatic rings. The Hall–Kier alpha value is -2.40. The first kappa shape index (κ1) is 30.1. The van der Waals surface area contributed by atoms with Crippen LogP contribution in [0.5, 0.6) is 0 Å². The fourth-order valence-corrected chi connectivity index (χ4v) is 6.16. The Kier molecular flexibility index (Phi) is 12.1. The lowest BCUT2D eigenvalue weighted by Crippen LogP contribution is -2.49. The summed E-state index contributed by atoms with van der Waals surface area (Å²) in [7, 11) is 1.54. The number of hydrogen-bond acceptors (Lipinski definition) is 6. The van der Waals surface area contributed by atoms with Gasteiger partial charge in [0.05, 0.1) is 18.6 Å². The molecule has 4 amide bonds. The predicted molar refractivity (Wildman–Crippen MR) is 140 cm³/mol. The summed E-state index contributed by atoms with van der Waals surface area (Å²) >= 11 is 0. The molecule has 0 aromatic carbocycles. The van der Waals surface area contributed by atoms with Crippen molar-refractivity contribution >= 4 is 23.8 Å². The Bertz CT molecular complexity index is 796. The van der Waals surface area contributed by atoms with E-state index < -0.39 is 18.1 Å². The number of aliphatic hydroxyl groups is 1. The van der Waals surface area contributed by atoms with Crippen molar-refractivity contribution in [2.24, 2.45) is 5.92 Å². The topological polar surface area (TPSA) is 166 Å². The van der Waals surface area contributed by atoms with Crippen molar-refractivity contribution in [3.8, 4) is 0 Å². The Morgan fingerprint density at radius 3 is 1.95 bits per heavy atom. The number of carboxylic acids is 1. The second-order valence-corrected chi connectivity index (χ2v) is 11.3. The third kappa shape index (κ3) is 10.1. The molecule has 4 unspecified atom stereocenters. The molecule has 38 heavy (non-hydrogen) atoms. The van der Waals surface area contributed by atoms with Crippen LogP contribution >= 0.6 is 0 Å². The highest BCUT2D eigenvalue weighted by Gasteiger charge is 2.35. The zero-order chi connectivity index (χ0) is 27.5. The minimum absolute atomic E-state index is 0.0160. The van der Waals surface area contributed by atoms with E-state index in [1.807, 2.05) is 0 Å². The first-order valence-corrected chi connectivity index (χ1v) is 14.3. The van der Waals surface area contributed by atoms with Gasteiger partial charge < -0.3 is 36.2 Å². The van der Waals surface area contributed by atoms with Gasteiger partial charge in [0, 0.05) is 44.1 Å². The van der Waals surface area contributed by atoms with E-state index in [1.165, 1.54) is 26.4 Å². The van der Waals surface area contributed by atoms with Crippen LogP contribution in [-0.2, 0) is 19.1 Å². The molecule has 11 nitrogen and oxygen atoms in total. The number of nitrogens with one attached hydrogen (secondary N) is 4. The number of urea groups is 1. The third-order valence-corrected chi connectivity index (χ3v) is 8.36. The zero-order valence-corrected chi connectivity index (χ0v) is 22.6. The summed E-state index contributed by atoms with van der Waals surface area (Å²) in [6.45, 7) is 0. The zero-order valence-electron chi connectivity index (χ0n) is 22.6. The summed E-state index contributed by atoms with van der Waals surface area (Å²) in [4.78, 5) is 48.7. The molecule has 0 radical (unpaired) electrons. The average molecular weight is 539 g/mol. The quantitative estimate of drug-likeness (QED) is 0.234. The van der Waals surface area contributed by atoms with E-state index in [0.717, 1.165) is 38.5 Å². The van der Waals surface area contributed by atoms with Crippen molar-refractivity contribution in [2.75, 3.05) is 7.11 Å². The van der Waals surface area contributed by atoms with E-state index >= 15 is 0 Å². The Balaban J connectivity index is 1.33. The molecule has 0 aromatic heterocycles. The van der Waals surface area contributed by atoms with Crippen LogP contribution in [-0.4, -0.2) is 77.5 Å². The lowest BCUT2D eigenvalue weighted by molar-refractivity contribution is -0.139. The smallest absolute Gasteiger partial charge is 0.315 e. The molecular formula is C27H46N4O7. The Morgan fingerprint density at radius 1 is 0.789 bits per heavy atom. The normalized spacial score (nSPS) is 29.1. The van der Waals surface area contributed by atoms with Gasteiger partial charge in [0.25, 0.3) is 0 Å². The molecule has 0 spiro atoms. The van der Waals surface area contributed by atoms with Crippen molar-refractivity contribution in [3.63, 3.8) is 0 Å². The molecule has 4 atom stereocenters. The molecule has 11 heteroatoms. The first-order chi connectivity index (χ1) is 18.2. The van der Waals surface area contributed by atoms with Crippen LogP contribution in [0.3, 0.4) is 0 Å². The Labute approximate surface area is 225 Å². The SMILES string of the molecule is COC1CCC(C(CC(=O)O)NC(=O)CCC(=O)NC2CCC(NC(=O)NC3CCCCC3)CC2)CC1O. The van der Waals surface area contributed by atoms with Gasteiger partial charge in [-0.1, -0.05) is 19.3 Å². The average Bonchev–Trinajstić information content (AvgIpc) is 2.88. The fourth-order valence-electron chi connectivity index (χ4n) is 6.16. The first-order valence-electron chi connectivity index (χ1n) is 14.3. The summed E-state index contributed by atoms with van der Waals surface area (Å²) < 4.78 is 5.25. The van der Waals surface area contributed by atoms with Gasteiger partial charge in [-0.05, 0) is 63.7 Å². The van der Waals surface area contributed by atoms with Crippen molar-refractivity contribution in [2.45, 2.75) is 133 Å². The third-order valence-electron chi connectivity index (χ3n) is 8.36. The number of hydrogen-bond donors (Lipinski definition) is 6. The Morgan fingerprint density at radius 2 is 1.37 bits per heavy atom. The van der Waals surface area contributed by atoms with Crippen LogP contribution in [0.25, 0.3) is 0 Å². The summed E-state index contributed by atoms with van der Waals surface area (Å²) in [5.41, 5.74) is 0. The van der Waals surface area contributed by atoms with Crippen molar-refractivity contribution in [1.29, 1.82) is 0 Å². The van der Waals surface area contributed by atoms with Crippen LogP contribution in [0.2, 0.25) is 0 Å². The summed E-state index contributed by atoms with van der Waals surface area (Å²) in [5, 5.41) is 31.5. The molecule has 0 heterocycles. The van der Waals surface area contributed by atoms with E-state index in [-0.39, 0.29) is 67.3 Å². The minimum Gasteiger partial charge on any atom is -0.481 e. The van der Waals surface area contributed by atoms with E-state index in [1.54, 1.807) is 0 Å². The van der Waals surface area contributed by atoms with Crippen molar-refractivity contribution in [1.82, 2.24) is 21.3 Å². The van der Waals surface area contributed by atoms with Gasteiger partial charge in [0.15, 0.2) is 0 Å². The van der Waals surface area contributed by atoms with Crippen LogP contribution in [0.4, 0.5) is 4.79 Å². The van der Waals surface area contributed by atoms with Gasteiger partial charge in [0.1, 0.15) is 0 Å². The number of rotatable bonds is 11. The van der Waals surface area contributed by atoms with E-state index in [4.69, 9.17) is 4.74 Å². The number of amides is 4. The number of carbonyl (C=O) groups is 4. The lowest BCUT2D eigenvalue weighted by atomic mass is 9.79. The molecule has 3 aliphatic rings. The monoisotopic (exact) mass is 538 g/mol. The lowest BCUT2D eigenvalue weighted by Gasteiger charge is -2.36. The highest BCUT2D eigenvalue weighted by atomic mass is 16.5. The molecule has 0 bridgehead atoms. The van der Waals surface area contributed by atoms with Crippen LogP contribution in [0.15, 0.2) is 0 Å². The highest BCUT2D eigenvalue weighted by Crippen LogP contribution is 2.30. The summed E-state index contributed by atoms with van der Waals surface area (Å²) in [5.74, 6) is -1.77. The van der Waals surface area contributed by atoms with E-state index in [9.17, 15) is 29.4 Å². The maximum atomic E-state index is 12.5. The molecule has 3 rings (SSSR count). The van der Waals surface area contributed by atoms with Gasteiger partial charge in [-0.25, -0.2) is 4.79 Å². The minimum atomic E-state index is -1.02.